The van der Waals surface area contributed by atoms with Gasteiger partial charge >= 0.3 is 0 Å². The molecule has 1 aromatic rings. The molecule has 1 aliphatic rings. The van der Waals surface area contributed by atoms with Crippen molar-refractivity contribution in [2.75, 3.05) is 38.1 Å². The molecule has 2 N–H and O–H groups in total. The Morgan fingerprint density at radius 3 is 2.84 bits per heavy atom. The Morgan fingerprint density at radius 1 is 1.36 bits per heavy atom. The first kappa shape index (κ1) is 19.7. The van der Waals surface area contributed by atoms with Crippen LogP contribution in [0.25, 0.3) is 0 Å². The molecule has 1 heterocycles. The van der Waals surface area contributed by atoms with E-state index in [1.165, 1.54) is 19.5 Å². The maximum atomic E-state index is 5.53. The van der Waals surface area contributed by atoms with Gasteiger partial charge in [-0.15, -0.1) is 0 Å². The molecule has 1 aromatic carbocycles. The molecule has 0 aliphatic carbocycles. The molecule has 0 saturated carbocycles. The van der Waals surface area contributed by atoms with Gasteiger partial charge in [-0.05, 0) is 55.6 Å². The molecule has 0 amide bonds. The Labute approximate surface area is 157 Å². The van der Waals surface area contributed by atoms with Gasteiger partial charge in [-0.1, -0.05) is 32.6 Å². The van der Waals surface area contributed by atoms with E-state index in [1.54, 1.807) is 6.08 Å². The third-order valence-electron chi connectivity index (χ3n) is 4.34. The second kappa shape index (κ2) is 10.4. The van der Waals surface area contributed by atoms with Gasteiger partial charge < -0.3 is 20.3 Å². The average molecular weight is 362 g/mol. The summed E-state index contributed by atoms with van der Waals surface area (Å²) in [5.41, 5.74) is 0.928. The highest BCUT2D eigenvalue weighted by atomic mass is 32.1. The van der Waals surface area contributed by atoms with Crippen LogP contribution in [-0.4, -0.2) is 42.8 Å². The van der Waals surface area contributed by atoms with Crippen molar-refractivity contribution in [3.8, 4) is 5.75 Å². The van der Waals surface area contributed by atoms with Crippen LogP contribution in [0.4, 0.5) is 5.69 Å². The summed E-state index contributed by atoms with van der Waals surface area (Å²) in [5.74, 6) is 2.44. The number of nitrogens with zero attached hydrogens (tertiary/aromatic N) is 1. The molecule has 0 unspecified atom stereocenters. The molecular formula is C20H31N3OS. The first-order valence-corrected chi connectivity index (χ1v) is 9.58. The third-order valence-corrected chi connectivity index (χ3v) is 4.59. The summed E-state index contributed by atoms with van der Waals surface area (Å²) in [5, 5.41) is 7.16. The van der Waals surface area contributed by atoms with Gasteiger partial charge in [-0.25, -0.2) is 0 Å². The van der Waals surface area contributed by atoms with E-state index in [2.05, 4.69) is 36.0 Å². The quantitative estimate of drug-likeness (QED) is 0.417. The molecule has 1 aliphatic heterocycles. The van der Waals surface area contributed by atoms with E-state index in [-0.39, 0.29) is 0 Å². The number of piperidine rings is 1. The van der Waals surface area contributed by atoms with Crippen molar-refractivity contribution < 1.29 is 4.74 Å². The molecule has 138 valence electrons. The van der Waals surface area contributed by atoms with Gasteiger partial charge in [0.05, 0.1) is 0 Å². The van der Waals surface area contributed by atoms with Crippen LogP contribution in [-0.2, 0) is 0 Å². The summed E-state index contributed by atoms with van der Waals surface area (Å²) >= 11 is 5.38. The van der Waals surface area contributed by atoms with Crippen molar-refractivity contribution >= 4 is 23.0 Å². The molecule has 25 heavy (non-hydrogen) atoms. The average Bonchev–Trinajstić information content (AvgIpc) is 2.56. The predicted octanol–water partition coefficient (Wildman–Crippen LogP) is 3.91. The van der Waals surface area contributed by atoms with Crippen molar-refractivity contribution in [3.05, 3.63) is 36.9 Å². The first-order chi connectivity index (χ1) is 12.1. The van der Waals surface area contributed by atoms with Gasteiger partial charge in [0.2, 0.25) is 0 Å². The van der Waals surface area contributed by atoms with Crippen LogP contribution in [0.2, 0.25) is 0 Å². The summed E-state index contributed by atoms with van der Waals surface area (Å²) < 4.78 is 5.53. The van der Waals surface area contributed by atoms with E-state index in [0.717, 1.165) is 42.8 Å². The van der Waals surface area contributed by atoms with Gasteiger partial charge in [0.15, 0.2) is 5.11 Å². The monoisotopic (exact) mass is 361 g/mol. The van der Waals surface area contributed by atoms with Crippen LogP contribution < -0.4 is 15.4 Å². The van der Waals surface area contributed by atoms with Crippen LogP contribution in [0, 0.1) is 11.8 Å². The van der Waals surface area contributed by atoms with Gasteiger partial charge in [0.25, 0.3) is 0 Å². The summed E-state index contributed by atoms with van der Waals surface area (Å²) in [6, 6.07) is 7.78. The van der Waals surface area contributed by atoms with Crippen molar-refractivity contribution in [3.63, 3.8) is 0 Å². The number of rotatable bonds is 8. The van der Waals surface area contributed by atoms with Crippen molar-refractivity contribution in [2.45, 2.75) is 26.7 Å². The molecular weight excluding hydrogens is 330 g/mol. The molecule has 5 heteroatoms. The number of anilines is 1. The molecule has 0 spiro atoms. The van der Waals surface area contributed by atoms with E-state index in [0.29, 0.717) is 11.7 Å². The Kier molecular flexibility index (Phi) is 8.22. The molecule has 0 radical (unpaired) electrons. The van der Waals surface area contributed by atoms with Crippen LogP contribution in [0.5, 0.6) is 5.75 Å². The van der Waals surface area contributed by atoms with E-state index < -0.39 is 0 Å². The lowest BCUT2D eigenvalue weighted by Crippen LogP contribution is -2.40. The molecule has 4 nitrogen and oxygen atoms in total. The number of hydrogen-bond acceptors (Lipinski definition) is 3. The number of ether oxygens (including phenoxy) is 1. The van der Waals surface area contributed by atoms with Crippen LogP contribution >= 0.6 is 12.2 Å². The maximum absolute atomic E-state index is 5.53. The lowest BCUT2D eigenvalue weighted by atomic mass is 9.92. The lowest BCUT2D eigenvalue weighted by molar-refractivity contribution is 0.140. The van der Waals surface area contributed by atoms with Gasteiger partial charge in [-0.3, -0.25) is 0 Å². The van der Waals surface area contributed by atoms with Crippen molar-refractivity contribution in [1.82, 2.24) is 10.2 Å². The van der Waals surface area contributed by atoms with Crippen LogP contribution in [0.1, 0.15) is 26.7 Å². The maximum Gasteiger partial charge on any atom is 0.170 e. The minimum Gasteiger partial charge on any atom is -0.489 e. The number of hydrogen-bond donors (Lipinski definition) is 2. The summed E-state index contributed by atoms with van der Waals surface area (Å²) in [6.07, 6.45) is 4.19. The van der Waals surface area contributed by atoms with Crippen molar-refractivity contribution in [2.24, 2.45) is 11.8 Å². The number of likely N-dealkylation sites (tertiary alicyclic amines) is 1. The molecule has 1 fully saturated rings. The Bertz CT molecular complexity index is 554. The third kappa shape index (κ3) is 7.45. The molecule has 2 atom stereocenters. The number of benzene rings is 1. The minimum absolute atomic E-state index is 0.500. The second-order valence-electron chi connectivity index (χ2n) is 7.07. The van der Waals surface area contributed by atoms with Gasteiger partial charge in [-0.2, -0.15) is 0 Å². The second-order valence-corrected chi connectivity index (χ2v) is 7.48. The predicted molar refractivity (Wildman–Crippen MR) is 110 cm³/mol. The number of thiocarbonyl (C=S) groups is 1. The van der Waals surface area contributed by atoms with Crippen LogP contribution in [0.15, 0.2) is 36.9 Å². The Balaban J connectivity index is 1.66. The zero-order valence-electron chi connectivity index (χ0n) is 15.5. The summed E-state index contributed by atoms with van der Waals surface area (Å²) in [7, 11) is 0. The van der Waals surface area contributed by atoms with Crippen LogP contribution in [0.3, 0.4) is 0 Å². The highest BCUT2D eigenvalue weighted by molar-refractivity contribution is 7.80. The standard InChI is InChI=1S/C20H31N3OS/c1-4-11-24-19-8-5-7-18(13-19)22-20(25)21-9-6-10-23-14-16(2)12-17(3)15-23/h4-5,7-8,13,16-17H,1,6,9-12,14-15H2,2-3H3,(H2,21,22,25)/t16-,17-/m0/s1. The minimum atomic E-state index is 0.500. The zero-order valence-corrected chi connectivity index (χ0v) is 16.3. The molecule has 2 rings (SSSR count). The zero-order chi connectivity index (χ0) is 18.1. The fraction of sp³-hybridized carbons (Fsp3) is 0.550. The van der Waals surface area contributed by atoms with E-state index in [1.807, 2.05) is 24.3 Å². The largest absolute Gasteiger partial charge is 0.489 e. The summed E-state index contributed by atoms with van der Waals surface area (Å²) in [6.45, 7) is 13.3. The SMILES string of the molecule is C=CCOc1cccc(NC(=S)NCCCN2C[C@@H](C)C[C@H](C)C2)c1. The normalized spacial score (nSPS) is 20.7. The molecule has 1 saturated heterocycles. The fourth-order valence-corrected chi connectivity index (χ4v) is 3.69. The summed E-state index contributed by atoms with van der Waals surface area (Å²) in [4.78, 5) is 2.58. The lowest BCUT2D eigenvalue weighted by Gasteiger charge is -2.35. The molecule has 0 bridgehead atoms. The first-order valence-electron chi connectivity index (χ1n) is 9.17. The highest BCUT2D eigenvalue weighted by Gasteiger charge is 2.20. The molecule has 0 aromatic heterocycles. The number of nitrogens with one attached hydrogen (secondary N) is 2. The van der Waals surface area contributed by atoms with E-state index in [9.17, 15) is 0 Å². The van der Waals surface area contributed by atoms with Gasteiger partial charge in [0, 0.05) is 31.4 Å². The van der Waals surface area contributed by atoms with Gasteiger partial charge in [0.1, 0.15) is 12.4 Å². The van der Waals surface area contributed by atoms with E-state index in [4.69, 9.17) is 17.0 Å². The highest BCUT2D eigenvalue weighted by Crippen LogP contribution is 2.20. The Morgan fingerprint density at radius 2 is 2.12 bits per heavy atom. The Hall–Kier alpha value is -1.59. The fourth-order valence-electron chi connectivity index (χ4n) is 3.47. The van der Waals surface area contributed by atoms with Crippen molar-refractivity contribution in [1.29, 1.82) is 0 Å². The smallest absolute Gasteiger partial charge is 0.170 e. The van der Waals surface area contributed by atoms with E-state index >= 15 is 0 Å². The topological polar surface area (TPSA) is 36.5 Å².